The summed E-state index contributed by atoms with van der Waals surface area (Å²) in [5.41, 5.74) is 0.549. The Morgan fingerprint density at radius 3 is 2.65 bits per heavy atom. The molecule has 1 fully saturated rings. The fraction of sp³-hybridized carbons (Fsp3) is 0.429. The summed E-state index contributed by atoms with van der Waals surface area (Å²) < 4.78 is 6.16. The zero-order valence-corrected chi connectivity index (χ0v) is 12.6. The Hall–Kier alpha value is -1.56. The number of aromatic hydroxyl groups is 1. The highest BCUT2D eigenvalue weighted by atomic mass is 79.9. The molecule has 1 aromatic carbocycles. The number of benzene rings is 1. The third-order valence-electron chi connectivity index (χ3n) is 3.49. The van der Waals surface area contributed by atoms with Gasteiger partial charge in [-0.3, -0.25) is 0 Å². The SMILES string of the molecule is Oc1ccc(Br)cc1-c1nc(N2CCCCCC2)no1. The predicted octanol–water partition coefficient (Wildman–Crippen LogP) is 3.59. The molecule has 0 spiro atoms. The van der Waals surface area contributed by atoms with Gasteiger partial charge < -0.3 is 14.5 Å². The van der Waals surface area contributed by atoms with E-state index < -0.39 is 0 Å². The second kappa shape index (κ2) is 5.83. The monoisotopic (exact) mass is 337 g/mol. The third-order valence-corrected chi connectivity index (χ3v) is 3.99. The standard InChI is InChI=1S/C14H16BrN3O2/c15-10-5-6-12(19)11(9-10)13-16-14(17-20-13)18-7-3-1-2-4-8-18/h5-6,9,19H,1-4,7-8H2. The summed E-state index contributed by atoms with van der Waals surface area (Å²) in [7, 11) is 0. The van der Waals surface area contributed by atoms with E-state index in [1.54, 1.807) is 18.2 Å². The van der Waals surface area contributed by atoms with Gasteiger partial charge in [0, 0.05) is 17.6 Å². The zero-order chi connectivity index (χ0) is 13.9. The van der Waals surface area contributed by atoms with Crippen molar-refractivity contribution in [2.45, 2.75) is 25.7 Å². The fourth-order valence-electron chi connectivity index (χ4n) is 2.40. The van der Waals surface area contributed by atoms with Gasteiger partial charge in [-0.25, -0.2) is 0 Å². The molecule has 0 saturated carbocycles. The molecule has 2 heterocycles. The highest BCUT2D eigenvalue weighted by Gasteiger charge is 2.18. The highest BCUT2D eigenvalue weighted by molar-refractivity contribution is 9.10. The molecule has 20 heavy (non-hydrogen) atoms. The van der Waals surface area contributed by atoms with E-state index in [9.17, 15) is 5.11 Å². The van der Waals surface area contributed by atoms with Crippen LogP contribution in [0.2, 0.25) is 0 Å². The second-order valence-corrected chi connectivity index (χ2v) is 5.88. The number of aromatic nitrogens is 2. The van der Waals surface area contributed by atoms with Crippen LogP contribution in [-0.2, 0) is 0 Å². The topological polar surface area (TPSA) is 62.4 Å². The first-order valence-electron chi connectivity index (χ1n) is 6.81. The lowest BCUT2D eigenvalue weighted by Crippen LogP contribution is -2.24. The number of rotatable bonds is 2. The van der Waals surface area contributed by atoms with E-state index in [0.29, 0.717) is 17.4 Å². The van der Waals surface area contributed by atoms with Crippen molar-refractivity contribution in [2.24, 2.45) is 0 Å². The number of anilines is 1. The number of phenols is 1. The molecule has 1 aromatic heterocycles. The Balaban J connectivity index is 1.87. The Kier molecular flexibility index (Phi) is 3.91. The van der Waals surface area contributed by atoms with Crippen LogP contribution in [-0.4, -0.2) is 28.3 Å². The summed E-state index contributed by atoms with van der Waals surface area (Å²) >= 11 is 3.38. The van der Waals surface area contributed by atoms with Gasteiger partial charge in [0.2, 0.25) is 0 Å². The predicted molar refractivity (Wildman–Crippen MR) is 79.8 cm³/mol. The molecule has 0 atom stereocenters. The van der Waals surface area contributed by atoms with Crippen LogP contribution in [0.15, 0.2) is 27.2 Å². The van der Waals surface area contributed by atoms with E-state index in [1.807, 2.05) is 0 Å². The Morgan fingerprint density at radius 1 is 1.15 bits per heavy atom. The van der Waals surface area contributed by atoms with Crippen molar-refractivity contribution < 1.29 is 9.63 Å². The fourth-order valence-corrected chi connectivity index (χ4v) is 2.76. The summed E-state index contributed by atoms with van der Waals surface area (Å²) in [6, 6.07) is 5.15. The first kappa shape index (κ1) is 13.4. The molecule has 6 heteroatoms. The molecule has 1 N–H and O–H groups in total. The van der Waals surface area contributed by atoms with Crippen LogP contribution in [0.5, 0.6) is 5.75 Å². The number of hydrogen-bond donors (Lipinski definition) is 1. The van der Waals surface area contributed by atoms with Crippen molar-refractivity contribution in [3.63, 3.8) is 0 Å². The van der Waals surface area contributed by atoms with E-state index in [4.69, 9.17) is 4.52 Å². The van der Waals surface area contributed by atoms with Gasteiger partial charge in [-0.2, -0.15) is 4.98 Å². The zero-order valence-electron chi connectivity index (χ0n) is 11.0. The molecule has 1 aliphatic heterocycles. The minimum absolute atomic E-state index is 0.138. The normalized spacial score (nSPS) is 16.1. The minimum atomic E-state index is 0.138. The molecule has 0 amide bonds. The lowest BCUT2D eigenvalue weighted by atomic mass is 10.2. The van der Waals surface area contributed by atoms with E-state index in [2.05, 4.69) is 31.0 Å². The van der Waals surface area contributed by atoms with E-state index in [0.717, 1.165) is 30.4 Å². The molecule has 0 bridgehead atoms. The summed E-state index contributed by atoms with van der Waals surface area (Å²) in [6.07, 6.45) is 4.83. The summed E-state index contributed by atoms with van der Waals surface area (Å²) in [5.74, 6) is 1.10. The largest absolute Gasteiger partial charge is 0.507 e. The lowest BCUT2D eigenvalue weighted by molar-refractivity contribution is 0.423. The first-order chi connectivity index (χ1) is 9.74. The highest BCUT2D eigenvalue weighted by Crippen LogP contribution is 2.31. The average Bonchev–Trinajstić information content (AvgIpc) is 2.77. The summed E-state index contributed by atoms with van der Waals surface area (Å²) in [5, 5.41) is 13.9. The minimum Gasteiger partial charge on any atom is -0.507 e. The van der Waals surface area contributed by atoms with Crippen LogP contribution in [0.25, 0.3) is 11.5 Å². The van der Waals surface area contributed by atoms with Crippen LogP contribution in [0.4, 0.5) is 5.95 Å². The van der Waals surface area contributed by atoms with E-state index in [-0.39, 0.29) is 5.75 Å². The molecule has 5 nitrogen and oxygen atoms in total. The van der Waals surface area contributed by atoms with Crippen molar-refractivity contribution in [1.82, 2.24) is 10.1 Å². The van der Waals surface area contributed by atoms with Crippen molar-refractivity contribution in [1.29, 1.82) is 0 Å². The van der Waals surface area contributed by atoms with Crippen molar-refractivity contribution in [3.05, 3.63) is 22.7 Å². The molecule has 0 radical (unpaired) electrons. The molecule has 3 rings (SSSR count). The van der Waals surface area contributed by atoms with Crippen LogP contribution in [0, 0.1) is 0 Å². The van der Waals surface area contributed by atoms with Crippen LogP contribution >= 0.6 is 15.9 Å². The maximum Gasteiger partial charge on any atom is 0.266 e. The molecular formula is C14H16BrN3O2. The molecule has 0 aliphatic carbocycles. The van der Waals surface area contributed by atoms with Gasteiger partial charge in [0.15, 0.2) is 0 Å². The molecule has 1 saturated heterocycles. The molecular weight excluding hydrogens is 322 g/mol. The van der Waals surface area contributed by atoms with Gasteiger partial charge in [-0.1, -0.05) is 28.8 Å². The van der Waals surface area contributed by atoms with Crippen molar-refractivity contribution in [2.75, 3.05) is 18.0 Å². The summed E-state index contributed by atoms with van der Waals surface area (Å²) in [6.45, 7) is 1.92. The molecule has 106 valence electrons. The number of nitrogens with zero attached hydrogens (tertiary/aromatic N) is 3. The molecule has 2 aromatic rings. The van der Waals surface area contributed by atoms with Crippen LogP contribution < -0.4 is 4.90 Å². The smallest absolute Gasteiger partial charge is 0.266 e. The number of phenolic OH excluding ortho intramolecular Hbond substituents is 1. The van der Waals surface area contributed by atoms with Gasteiger partial charge in [0.05, 0.1) is 5.56 Å². The van der Waals surface area contributed by atoms with Crippen LogP contribution in [0.1, 0.15) is 25.7 Å². The lowest BCUT2D eigenvalue weighted by Gasteiger charge is -2.16. The number of halogens is 1. The quantitative estimate of drug-likeness (QED) is 0.907. The first-order valence-corrected chi connectivity index (χ1v) is 7.61. The number of hydrogen-bond acceptors (Lipinski definition) is 5. The van der Waals surface area contributed by atoms with E-state index >= 15 is 0 Å². The Bertz CT molecular complexity index is 592. The maximum atomic E-state index is 9.89. The van der Waals surface area contributed by atoms with Gasteiger partial charge >= 0.3 is 0 Å². The maximum absolute atomic E-state index is 9.89. The molecule has 1 aliphatic rings. The second-order valence-electron chi connectivity index (χ2n) is 4.96. The van der Waals surface area contributed by atoms with Gasteiger partial charge in [0.25, 0.3) is 11.8 Å². The Labute approximate surface area is 125 Å². The van der Waals surface area contributed by atoms with Crippen LogP contribution in [0.3, 0.4) is 0 Å². The Morgan fingerprint density at radius 2 is 1.90 bits per heavy atom. The van der Waals surface area contributed by atoms with E-state index in [1.165, 1.54) is 12.8 Å². The third kappa shape index (κ3) is 2.80. The van der Waals surface area contributed by atoms with Gasteiger partial charge in [-0.05, 0) is 36.2 Å². The van der Waals surface area contributed by atoms with Crippen molar-refractivity contribution >= 4 is 21.9 Å². The van der Waals surface area contributed by atoms with Gasteiger partial charge in [0.1, 0.15) is 5.75 Å². The van der Waals surface area contributed by atoms with Crippen molar-refractivity contribution in [3.8, 4) is 17.2 Å². The van der Waals surface area contributed by atoms with Gasteiger partial charge in [-0.15, -0.1) is 0 Å². The summed E-state index contributed by atoms with van der Waals surface area (Å²) in [4.78, 5) is 6.56. The molecule has 0 unspecified atom stereocenters. The average molecular weight is 338 g/mol.